The van der Waals surface area contributed by atoms with Gasteiger partial charge in [0.2, 0.25) is 0 Å². The first-order chi connectivity index (χ1) is 13.4. The molecule has 146 valence electrons. The molecule has 0 spiro atoms. The predicted molar refractivity (Wildman–Crippen MR) is 106 cm³/mol. The minimum Gasteiger partial charge on any atom is -0.497 e. The maximum absolute atomic E-state index is 14.0. The van der Waals surface area contributed by atoms with Gasteiger partial charge in [-0.25, -0.2) is 9.18 Å². The van der Waals surface area contributed by atoms with Gasteiger partial charge in [0.25, 0.3) is 5.91 Å². The zero-order chi connectivity index (χ0) is 20.3. The number of methoxy groups -OCH3 is 1. The molecule has 1 aromatic heterocycles. The summed E-state index contributed by atoms with van der Waals surface area (Å²) in [6, 6.07) is 12.1. The highest BCUT2D eigenvalue weighted by atomic mass is 32.1. The first-order valence-electron chi connectivity index (χ1n) is 8.62. The highest BCUT2D eigenvalue weighted by Gasteiger charge is 2.20. The Morgan fingerprint density at radius 1 is 1.14 bits per heavy atom. The number of esters is 1. The van der Waals surface area contributed by atoms with Crippen LogP contribution in [-0.2, 0) is 16.1 Å². The minimum atomic E-state index is -0.621. The van der Waals surface area contributed by atoms with Crippen LogP contribution in [0.4, 0.5) is 4.39 Å². The number of amides is 1. The van der Waals surface area contributed by atoms with Gasteiger partial charge in [-0.3, -0.25) is 4.79 Å². The molecule has 0 unspecified atom stereocenters. The number of ether oxygens (including phenoxy) is 2. The summed E-state index contributed by atoms with van der Waals surface area (Å²) in [5, 5.41) is 0.419. The summed E-state index contributed by atoms with van der Waals surface area (Å²) in [6.07, 6.45) is 0. The molecular formula is C21H20FNO4S. The Kier molecular flexibility index (Phi) is 5.94. The monoisotopic (exact) mass is 401 g/mol. The van der Waals surface area contributed by atoms with E-state index < -0.39 is 5.97 Å². The topological polar surface area (TPSA) is 55.8 Å². The smallest absolute Gasteiger partial charge is 0.349 e. The van der Waals surface area contributed by atoms with Gasteiger partial charge in [0, 0.05) is 23.7 Å². The first kappa shape index (κ1) is 19.8. The van der Waals surface area contributed by atoms with Crippen LogP contribution in [0.25, 0.3) is 10.1 Å². The average Bonchev–Trinajstić information content (AvgIpc) is 3.04. The Labute approximate surface area is 166 Å². The lowest BCUT2D eigenvalue weighted by atomic mass is 10.1. The molecule has 0 bridgehead atoms. The van der Waals surface area contributed by atoms with Crippen molar-refractivity contribution in [3.63, 3.8) is 0 Å². The molecule has 0 fully saturated rings. The van der Waals surface area contributed by atoms with Crippen molar-refractivity contribution >= 4 is 33.3 Å². The van der Waals surface area contributed by atoms with Gasteiger partial charge in [0.05, 0.1) is 7.11 Å². The number of halogens is 1. The second-order valence-corrected chi connectivity index (χ2v) is 7.40. The fraction of sp³-hybridized carbons (Fsp3) is 0.238. The summed E-state index contributed by atoms with van der Waals surface area (Å²) in [5.41, 5.74) is 1.46. The van der Waals surface area contributed by atoms with Gasteiger partial charge in [-0.05, 0) is 42.3 Å². The van der Waals surface area contributed by atoms with Crippen LogP contribution in [0.5, 0.6) is 5.75 Å². The molecule has 0 aliphatic rings. The van der Waals surface area contributed by atoms with Gasteiger partial charge in [0.15, 0.2) is 6.61 Å². The van der Waals surface area contributed by atoms with Crippen molar-refractivity contribution in [3.8, 4) is 5.75 Å². The third-order valence-electron chi connectivity index (χ3n) is 4.42. The zero-order valence-corrected chi connectivity index (χ0v) is 16.6. The molecule has 5 nitrogen and oxygen atoms in total. The number of hydrogen-bond acceptors (Lipinski definition) is 5. The van der Waals surface area contributed by atoms with Crippen molar-refractivity contribution in [1.29, 1.82) is 0 Å². The standard InChI is InChI=1S/C21H20FNO4S/c1-13-19-16(22)5-4-6-17(19)28-20(13)21(25)27-12-18(24)23(2)11-14-7-9-15(26-3)10-8-14/h4-10H,11-12H2,1-3H3. The lowest BCUT2D eigenvalue weighted by molar-refractivity contribution is -0.133. The summed E-state index contributed by atoms with van der Waals surface area (Å²) in [5.74, 6) is -0.583. The second kappa shape index (κ2) is 8.39. The Morgan fingerprint density at radius 2 is 1.86 bits per heavy atom. The molecule has 0 aliphatic heterocycles. The second-order valence-electron chi connectivity index (χ2n) is 6.34. The largest absolute Gasteiger partial charge is 0.497 e. The number of fused-ring (bicyclic) bond motifs is 1. The van der Waals surface area contributed by atoms with E-state index in [4.69, 9.17) is 9.47 Å². The Hall–Kier alpha value is -2.93. The number of rotatable bonds is 6. The quantitative estimate of drug-likeness (QED) is 0.582. The Morgan fingerprint density at radius 3 is 2.50 bits per heavy atom. The lowest BCUT2D eigenvalue weighted by Gasteiger charge is -2.17. The maximum atomic E-state index is 14.0. The third kappa shape index (κ3) is 4.14. The summed E-state index contributed by atoms with van der Waals surface area (Å²) >= 11 is 1.16. The van der Waals surface area contributed by atoms with E-state index in [2.05, 4.69) is 0 Å². The van der Waals surface area contributed by atoms with E-state index in [-0.39, 0.29) is 18.3 Å². The summed E-state index contributed by atoms with van der Waals surface area (Å²) in [7, 11) is 3.23. The molecule has 1 heterocycles. The van der Waals surface area contributed by atoms with Crippen molar-refractivity contribution in [3.05, 3.63) is 64.3 Å². The van der Waals surface area contributed by atoms with E-state index in [0.29, 0.717) is 27.1 Å². The van der Waals surface area contributed by atoms with Crippen LogP contribution >= 0.6 is 11.3 Å². The molecule has 0 saturated heterocycles. The van der Waals surface area contributed by atoms with E-state index in [1.165, 1.54) is 11.0 Å². The predicted octanol–water partition coefficient (Wildman–Crippen LogP) is 4.17. The summed E-state index contributed by atoms with van der Waals surface area (Å²) < 4.78 is 24.9. The number of benzene rings is 2. The fourth-order valence-electron chi connectivity index (χ4n) is 2.84. The van der Waals surface area contributed by atoms with E-state index in [0.717, 1.165) is 22.6 Å². The highest BCUT2D eigenvalue weighted by molar-refractivity contribution is 7.21. The van der Waals surface area contributed by atoms with Crippen LogP contribution in [0.2, 0.25) is 0 Å². The van der Waals surface area contributed by atoms with E-state index in [9.17, 15) is 14.0 Å². The number of hydrogen-bond donors (Lipinski definition) is 0. The Bertz CT molecular complexity index is 1010. The van der Waals surface area contributed by atoms with Crippen molar-refractivity contribution in [2.75, 3.05) is 20.8 Å². The molecule has 0 N–H and O–H groups in total. The van der Waals surface area contributed by atoms with Crippen molar-refractivity contribution in [2.24, 2.45) is 0 Å². The average molecular weight is 401 g/mol. The van der Waals surface area contributed by atoms with Crippen LogP contribution in [0.3, 0.4) is 0 Å². The molecule has 2 aromatic carbocycles. The van der Waals surface area contributed by atoms with Gasteiger partial charge in [-0.15, -0.1) is 11.3 Å². The van der Waals surface area contributed by atoms with Gasteiger partial charge in [-0.1, -0.05) is 18.2 Å². The van der Waals surface area contributed by atoms with E-state index >= 15 is 0 Å². The van der Waals surface area contributed by atoms with Gasteiger partial charge < -0.3 is 14.4 Å². The van der Waals surface area contributed by atoms with Crippen LogP contribution in [0, 0.1) is 12.7 Å². The van der Waals surface area contributed by atoms with Crippen LogP contribution < -0.4 is 4.74 Å². The van der Waals surface area contributed by atoms with Crippen molar-refractivity contribution in [2.45, 2.75) is 13.5 Å². The lowest BCUT2D eigenvalue weighted by Crippen LogP contribution is -2.30. The molecule has 0 saturated carbocycles. The number of nitrogens with zero attached hydrogens (tertiary/aromatic N) is 1. The Balaban J connectivity index is 1.61. The molecule has 3 aromatic rings. The number of carbonyl (C=O) groups is 2. The zero-order valence-electron chi connectivity index (χ0n) is 15.8. The summed E-state index contributed by atoms with van der Waals surface area (Å²) in [4.78, 5) is 26.5. The van der Waals surface area contributed by atoms with E-state index in [1.807, 2.05) is 24.3 Å². The third-order valence-corrected chi connectivity index (χ3v) is 5.66. The van der Waals surface area contributed by atoms with Gasteiger partial charge >= 0.3 is 5.97 Å². The first-order valence-corrected chi connectivity index (χ1v) is 9.44. The highest BCUT2D eigenvalue weighted by Crippen LogP contribution is 2.32. The summed E-state index contributed by atoms with van der Waals surface area (Å²) in [6.45, 7) is 1.69. The molecule has 0 aliphatic carbocycles. The molecule has 1 amide bonds. The molecule has 0 radical (unpaired) electrons. The van der Waals surface area contributed by atoms with Crippen LogP contribution in [0.1, 0.15) is 20.8 Å². The van der Waals surface area contributed by atoms with E-state index in [1.54, 1.807) is 33.2 Å². The number of likely N-dealkylation sites (N-methyl/N-ethyl adjacent to an activating group) is 1. The maximum Gasteiger partial charge on any atom is 0.349 e. The number of aryl methyl sites for hydroxylation is 1. The normalized spacial score (nSPS) is 10.7. The fourth-order valence-corrected chi connectivity index (χ4v) is 3.96. The van der Waals surface area contributed by atoms with Gasteiger partial charge in [-0.2, -0.15) is 0 Å². The molecular weight excluding hydrogens is 381 g/mol. The van der Waals surface area contributed by atoms with Crippen LogP contribution in [0.15, 0.2) is 42.5 Å². The number of thiophene rings is 1. The van der Waals surface area contributed by atoms with Crippen molar-refractivity contribution < 1.29 is 23.5 Å². The molecule has 0 atom stereocenters. The number of carbonyl (C=O) groups excluding carboxylic acids is 2. The molecule has 7 heteroatoms. The minimum absolute atomic E-state index is 0.311. The van der Waals surface area contributed by atoms with Gasteiger partial charge in [0.1, 0.15) is 16.4 Å². The van der Waals surface area contributed by atoms with Crippen molar-refractivity contribution in [1.82, 2.24) is 4.90 Å². The molecule has 3 rings (SSSR count). The van der Waals surface area contributed by atoms with Crippen LogP contribution in [-0.4, -0.2) is 37.5 Å². The SMILES string of the molecule is COc1ccc(CN(C)C(=O)COC(=O)c2sc3cccc(F)c3c2C)cc1. The molecule has 28 heavy (non-hydrogen) atoms.